The Balaban J connectivity index is 1.90. The molecule has 2 rings (SSSR count). The molecule has 1 heterocycles. The molecule has 104 valence electrons. The van der Waals surface area contributed by atoms with Crippen molar-refractivity contribution in [3.8, 4) is 5.75 Å². The number of para-hydroxylation sites is 1. The number of ether oxygens (including phenoxy) is 2. The van der Waals surface area contributed by atoms with E-state index in [1.807, 2.05) is 29.2 Å². The van der Waals surface area contributed by atoms with E-state index in [1.54, 1.807) is 7.11 Å². The summed E-state index contributed by atoms with van der Waals surface area (Å²) in [6, 6.07) is 7.93. The van der Waals surface area contributed by atoms with Crippen molar-refractivity contribution in [2.45, 2.75) is 12.5 Å². The Labute approximate surface area is 112 Å². The van der Waals surface area contributed by atoms with Gasteiger partial charge in [-0.2, -0.15) is 0 Å². The Morgan fingerprint density at radius 3 is 3.00 bits per heavy atom. The molecular weight excluding hydrogens is 246 g/mol. The Morgan fingerprint density at radius 1 is 1.53 bits per heavy atom. The van der Waals surface area contributed by atoms with E-state index >= 15 is 0 Å². The zero-order chi connectivity index (χ0) is 13.7. The Morgan fingerprint density at radius 2 is 2.32 bits per heavy atom. The summed E-state index contributed by atoms with van der Waals surface area (Å²) in [6.07, 6.45) is 0.854. The third-order valence-corrected chi connectivity index (χ3v) is 3.15. The molecule has 1 N–H and O–H groups in total. The summed E-state index contributed by atoms with van der Waals surface area (Å²) >= 11 is 0. The van der Waals surface area contributed by atoms with E-state index < -0.39 is 5.97 Å². The quantitative estimate of drug-likeness (QED) is 0.797. The van der Waals surface area contributed by atoms with Gasteiger partial charge in [-0.15, -0.1) is 0 Å². The number of nitrogens with zero attached hydrogens (tertiary/aromatic N) is 1. The van der Waals surface area contributed by atoms with Crippen LogP contribution in [0.3, 0.4) is 0 Å². The minimum absolute atomic E-state index is 0.0135. The predicted molar refractivity (Wildman–Crippen MR) is 70.5 cm³/mol. The molecule has 1 atom stereocenters. The van der Waals surface area contributed by atoms with E-state index in [9.17, 15) is 4.79 Å². The van der Waals surface area contributed by atoms with E-state index in [2.05, 4.69) is 0 Å². The molecule has 0 amide bonds. The van der Waals surface area contributed by atoms with Crippen LogP contribution in [0.5, 0.6) is 5.75 Å². The fourth-order valence-electron chi connectivity index (χ4n) is 2.29. The molecule has 0 radical (unpaired) electrons. The van der Waals surface area contributed by atoms with Gasteiger partial charge in [-0.05, 0) is 11.6 Å². The van der Waals surface area contributed by atoms with Crippen molar-refractivity contribution >= 4 is 5.97 Å². The summed E-state index contributed by atoms with van der Waals surface area (Å²) < 4.78 is 10.8. The van der Waals surface area contributed by atoms with Crippen molar-refractivity contribution in [2.75, 3.05) is 33.4 Å². The van der Waals surface area contributed by atoms with Gasteiger partial charge < -0.3 is 14.6 Å². The van der Waals surface area contributed by atoms with Crippen LogP contribution in [0.2, 0.25) is 0 Å². The number of fused-ring (bicyclic) bond motifs is 1. The molecule has 19 heavy (non-hydrogen) atoms. The number of carboxylic acid groups (broad SMARTS) is 1. The standard InChI is InChI=1S/C14H19NO4/c1-18-7-6-15(10-14(16)17)9-12-8-11-4-2-3-5-13(11)19-12/h2-5,12H,6-10H2,1H3,(H,16,17). The predicted octanol–water partition coefficient (Wildman–Crippen LogP) is 1.02. The highest BCUT2D eigenvalue weighted by atomic mass is 16.5. The molecule has 1 unspecified atom stereocenters. The third kappa shape index (κ3) is 3.94. The topological polar surface area (TPSA) is 59.0 Å². The van der Waals surface area contributed by atoms with Gasteiger partial charge in [0.25, 0.3) is 0 Å². The second-order valence-electron chi connectivity index (χ2n) is 4.67. The van der Waals surface area contributed by atoms with Gasteiger partial charge >= 0.3 is 5.97 Å². The van der Waals surface area contributed by atoms with Crippen LogP contribution >= 0.6 is 0 Å². The lowest BCUT2D eigenvalue weighted by molar-refractivity contribution is -0.138. The van der Waals surface area contributed by atoms with E-state index in [-0.39, 0.29) is 12.6 Å². The van der Waals surface area contributed by atoms with Gasteiger partial charge in [0.15, 0.2) is 0 Å². The maximum atomic E-state index is 10.8. The van der Waals surface area contributed by atoms with Crippen molar-refractivity contribution in [1.82, 2.24) is 4.90 Å². The van der Waals surface area contributed by atoms with Gasteiger partial charge in [-0.3, -0.25) is 9.69 Å². The largest absolute Gasteiger partial charge is 0.488 e. The average Bonchev–Trinajstić information content (AvgIpc) is 2.77. The zero-order valence-corrected chi connectivity index (χ0v) is 11.0. The van der Waals surface area contributed by atoms with Gasteiger partial charge in [0.1, 0.15) is 11.9 Å². The minimum atomic E-state index is -0.827. The second kappa shape index (κ2) is 6.54. The molecule has 0 aliphatic carbocycles. The van der Waals surface area contributed by atoms with Crippen molar-refractivity contribution in [3.63, 3.8) is 0 Å². The van der Waals surface area contributed by atoms with Crippen molar-refractivity contribution in [1.29, 1.82) is 0 Å². The fraction of sp³-hybridized carbons (Fsp3) is 0.500. The third-order valence-electron chi connectivity index (χ3n) is 3.15. The van der Waals surface area contributed by atoms with Gasteiger partial charge in [0.05, 0.1) is 13.2 Å². The Bertz CT molecular complexity index is 410. The van der Waals surface area contributed by atoms with Crippen molar-refractivity contribution < 1.29 is 19.4 Å². The van der Waals surface area contributed by atoms with Crippen LogP contribution in [0, 0.1) is 0 Å². The zero-order valence-electron chi connectivity index (χ0n) is 11.0. The maximum Gasteiger partial charge on any atom is 0.317 e. The summed E-state index contributed by atoms with van der Waals surface area (Å²) in [5, 5.41) is 8.91. The van der Waals surface area contributed by atoms with Gasteiger partial charge in [0.2, 0.25) is 0 Å². The first-order chi connectivity index (χ1) is 9.19. The molecule has 1 aromatic rings. The number of methoxy groups -OCH3 is 1. The summed E-state index contributed by atoms with van der Waals surface area (Å²) in [5.41, 5.74) is 1.19. The highest BCUT2D eigenvalue weighted by Crippen LogP contribution is 2.28. The lowest BCUT2D eigenvalue weighted by Gasteiger charge is -2.23. The first-order valence-electron chi connectivity index (χ1n) is 6.36. The van der Waals surface area contributed by atoms with Gasteiger partial charge in [-0.25, -0.2) is 0 Å². The van der Waals surface area contributed by atoms with Crippen LogP contribution in [0.15, 0.2) is 24.3 Å². The molecule has 0 saturated carbocycles. The monoisotopic (exact) mass is 265 g/mol. The van der Waals surface area contributed by atoms with Crippen LogP contribution in [-0.2, 0) is 16.0 Å². The lowest BCUT2D eigenvalue weighted by Crippen LogP contribution is -2.40. The summed E-state index contributed by atoms with van der Waals surface area (Å²) in [4.78, 5) is 12.7. The number of rotatable bonds is 7. The molecule has 0 spiro atoms. The van der Waals surface area contributed by atoms with E-state index in [0.29, 0.717) is 19.7 Å². The summed E-state index contributed by atoms with van der Waals surface area (Å²) in [7, 11) is 1.61. The van der Waals surface area contributed by atoms with Gasteiger partial charge in [0, 0.05) is 26.6 Å². The molecule has 0 fully saturated rings. The number of hydrogen-bond acceptors (Lipinski definition) is 4. The van der Waals surface area contributed by atoms with Crippen LogP contribution in [0.4, 0.5) is 0 Å². The van der Waals surface area contributed by atoms with Crippen LogP contribution < -0.4 is 4.74 Å². The lowest BCUT2D eigenvalue weighted by atomic mass is 10.1. The number of aliphatic carboxylic acids is 1. The minimum Gasteiger partial charge on any atom is -0.488 e. The molecule has 5 nitrogen and oxygen atoms in total. The number of carbonyl (C=O) groups is 1. The maximum absolute atomic E-state index is 10.8. The normalized spacial score (nSPS) is 17.3. The number of hydrogen-bond donors (Lipinski definition) is 1. The molecular formula is C14H19NO4. The van der Waals surface area contributed by atoms with Crippen LogP contribution in [-0.4, -0.2) is 55.4 Å². The molecule has 1 aromatic carbocycles. The number of benzene rings is 1. The number of carboxylic acids is 1. The van der Waals surface area contributed by atoms with Crippen molar-refractivity contribution in [2.24, 2.45) is 0 Å². The average molecular weight is 265 g/mol. The van der Waals surface area contributed by atoms with Gasteiger partial charge in [-0.1, -0.05) is 18.2 Å². The summed E-state index contributed by atoms with van der Waals surface area (Å²) in [5.74, 6) is 0.0844. The highest BCUT2D eigenvalue weighted by Gasteiger charge is 2.25. The molecule has 0 aromatic heterocycles. The van der Waals surface area contributed by atoms with Crippen molar-refractivity contribution in [3.05, 3.63) is 29.8 Å². The van der Waals surface area contributed by atoms with E-state index in [1.165, 1.54) is 5.56 Å². The van der Waals surface area contributed by atoms with Crippen LogP contribution in [0.1, 0.15) is 5.56 Å². The first kappa shape index (κ1) is 13.8. The Kier molecular flexibility index (Phi) is 4.76. The Hall–Kier alpha value is -1.59. The van der Waals surface area contributed by atoms with E-state index in [4.69, 9.17) is 14.6 Å². The second-order valence-corrected chi connectivity index (χ2v) is 4.67. The van der Waals surface area contributed by atoms with Crippen LogP contribution in [0.25, 0.3) is 0 Å². The SMILES string of the molecule is COCCN(CC(=O)O)CC1Cc2ccccc2O1. The van der Waals surface area contributed by atoms with E-state index in [0.717, 1.165) is 12.2 Å². The molecule has 0 bridgehead atoms. The molecule has 1 aliphatic rings. The summed E-state index contributed by atoms with van der Waals surface area (Å²) in [6.45, 7) is 1.73. The molecule has 5 heteroatoms. The fourth-order valence-corrected chi connectivity index (χ4v) is 2.29. The molecule has 1 aliphatic heterocycles. The highest BCUT2D eigenvalue weighted by molar-refractivity contribution is 5.69. The molecule has 0 saturated heterocycles. The smallest absolute Gasteiger partial charge is 0.317 e. The first-order valence-corrected chi connectivity index (χ1v) is 6.36.